The van der Waals surface area contributed by atoms with Crippen LogP contribution in [0.15, 0.2) is 77.3 Å². The molecule has 0 radical (unpaired) electrons. The number of anilines is 1. The van der Waals surface area contributed by atoms with Gasteiger partial charge < -0.3 is 19.3 Å². The fourth-order valence-electron chi connectivity index (χ4n) is 3.11. The zero-order valence-electron chi connectivity index (χ0n) is 19.1. The van der Waals surface area contributed by atoms with Crippen molar-refractivity contribution in [3.63, 3.8) is 0 Å². The Morgan fingerprint density at radius 1 is 0.943 bits per heavy atom. The molecule has 0 saturated heterocycles. The van der Waals surface area contributed by atoms with Gasteiger partial charge in [-0.3, -0.25) is 4.79 Å². The Morgan fingerprint density at radius 3 is 2.34 bits per heavy atom. The number of carbonyl (C=O) groups is 2. The molecule has 0 fully saturated rings. The third kappa shape index (κ3) is 6.33. The molecule has 8 nitrogen and oxygen atoms in total. The van der Waals surface area contributed by atoms with Gasteiger partial charge in [-0.15, -0.1) is 0 Å². The fourth-order valence-corrected chi connectivity index (χ4v) is 3.11. The Hall–Kier alpha value is -4.90. The van der Waals surface area contributed by atoms with Crippen LogP contribution in [0.3, 0.4) is 0 Å². The average molecular weight is 467 g/mol. The number of amides is 1. The highest BCUT2D eigenvalue weighted by atomic mass is 16.5. The molecule has 174 valence electrons. The monoisotopic (exact) mass is 467 g/mol. The molecule has 1 N–H and O–H groups in total. The van der Waals surface area contributed by atoms with Gasteiger partial charge in [0, 0.05) is 29.3 Å². The lowest BCUT2D eigenvalue weighted by Crippen LogP contribution is -2.11. The lowest BCUT2D eigenvalue weighted by Gasteiger charge is -2.07. The van der Waals surface area contributed by atoms with Gasteiger partial charge in [0.05, 0.1) is 12.7 Å². The molecule has 4 aromatic rings. The van der Waals surface area contributed by atoms with E-state index in [0.717, 1.165) is 0 Å². The van der Waals surface area contributed by atoms with E-state index in [1.54, 1.807) is 67.6 Å². The molecule has 0 aliphatic rings. The number of hydrogen-bond acceptors (Lipinski definition) is 7. The molecule has 0 aliphatic carbocycles. The Morgan fingerprint density at radius 2 is 1.66 bits per heavy atom. The van der Waals surface area contributed by atoms with Crippen LogP contribution in [-0.2, 0) is 11.3 Å². The van der Waals surface area contributed by atoms with Crippen molar-refractivity contribution in [1.29, 1.82) is 0 Å². The molecule has 3 aromatic carbocycles. The SMILES string of the molecule is COC(=O)c1cccc(C#Cc2cccc(NC(=O)c3ccc(OCc4noc(C)n4)cc3)c2)c1. The number of carbonyl (C=O) groups excluding carboxylic acids is 2. The minimum absolute atomic E-state index is 0.170. The first-order valence-electron chi connectivity index (χ1n) is 10.6. The molecule has 0 bridgehead atoms. The smallest absolute Gasteiger partial charge is 0.337 e. The van der Waals surface area contributed by atoms with Crippen molar-refractivity contribution in [2.45, 2.75) is 13.5 Å². The number of rotatable bonds is 6. The Bertz CT molecular complexity index is 1410. The third-order valence-electron chi connectivity index (χ3n) is 4.81. The topological polar surface area (TPSA) is 104 Å². The van der Waals surface area contributed by atoms with Crippen molar-refractivity contribution in [3.8, 4) is 17.6 Å². The Labute approximate surface area is 201 Å². The molecule has 35 heavy (non-hydrogen) atoms. The molecule has 8 heteroatoms. The van der Waals surface area contributed by atoms with Crippen LogP contribution in [0.1, 0.15) is 43.6 Å². The van der Waals surface area contributed by atoms with Crippen LogP contribution in [0.4, 0.5) is 5.69 Å². The molecule has 1 amide bonds. The van der Waals surface area contributed by atoms with Gasteiger partial charge in [0.15, 0.2) is 6.61 Å². The maximum Gasteiger partial charge on any atom is 0.337 e. The van der Waals surface area contributed by atoms with E-state index in [4.69, 9.17) is 14.0 Å². The second-order valence-corrected chi connectivity index (χ2v) is 7.40. The van der Waals surface area contributed by atoms with E-state index in [1.807, 2.05) is 12.1 Å². The van der Waals surface area contributed by atoms with Gasteiger partial charge in [-0.05, 0) is 60.7 Å². The van der Waals surface area contributed by atoms with Crippen LogP contribution in [0.5, 0.6) is 5.75 Å². The van der Waals surface area contributed by atoms with Crippen molar-refractivity contribution in [2.75, 3.05) is 12.4 Å². The van der Waals surface area contributed by atoms with Gasteiger partial charge in [-0.25, -0.2) is 4.79 Å². The Balaban J connectivity index is 1.38. The van der Waals surface area contributed by atoms with E-state index >= 15 is 0 Å². The summed E-state index contributed by atoms with van der Waals surface area (Å²) in [5.74, 6) is 6.89. The lowest BCUT2D eigenvalue weighted by molar-refractivity contribution is 0.0600. The van der Waals surface area contributed by atoms with Crippen molar-refractivity contribution in [1.82, 2.24) is 10.1 Å². The number of aromatic nitrogens is 2. The van der Waals surface area contributed by atoms with Crippen LogP contribution in [0.2, 0.25) is 0 Å². The van der Waals surface area contributed by atoms with E-state index in [-0.39, 0.29) is 12.5 Å². The summed E-state index contributed by atoms with van der Waals surface area (Å²) < 4.78 is 15.2. The summed E-state index contributed by atoms with van der Waals surface area (Å²) in [5, 5.41) is 6.64. The minimum atomic E-state index is -0.417. The predicted molar refractivity (Wildman–Crippen MR) is 128 cm³/mol. The lowest BCUT2D eigenvalue weighted by atomic mass is 10.1. The van der Waals surface area contributed by atoms with Crippen LogP contribution >= 0.6 is 0 Å². The highest BCUT2D eigenvalue weighted by Crippen LogP contribution is 2.16. The zero-order chi connectivity index (χ0) is 24.6. The predicted octanol–water partition coefficient (Wildman–Crippen LogP) is 4.40. The molecular formula is C27H21N3O5. The number of methoxy groups -OCH3 is 1. The van der Waals surface area contributed by atoms with Crippen molar-refractivity contribution < 1.29 is 23.6 Å². The first kappa shape index (κ1) is 23.3. The summed E-state index contributed by atoms with van der Waals surface area (Å²) in [6, 6.07) is 20.8. The van der Waals surface area contributed by atoms with E-state index in [2.05, 4.69) is 27.3 Å². The zero-order valence-corrected chi connectivity index (χ0v) is 19.1. The van der Waals surface area contributed by atoms with E-state index in [9.17, 15) is 9.59 Å². The summed E-state index contributed by atoms with van der Waals surface area (Å²) in [5.41, 5.74) is 2.91. The minimum Gasteiger partial charge on any atom is -0.485 e. The molecule has 4 rings (SSSR count). The molecule has 0 spiro atoms. The van der Waals surface area contributed by atoms with Gasteiger partial charge in [-0.1, -0.05) is 29.1 Å². The number of aryl methyl sites for hydroxylation is 1. The number of nitrogens with one attached hydrogen (secondary N) is 1. The second-order valence-electron chi connectivity index (χ2n) is 7.40. The summed E-state index contributed by atoms with van der Waals surface area (Å²) in [7, 11) is 1.33. The molecule has 0 aliphatic heterocycles. The quantitative estimate of drug-likeness (QED) is 0.331. The van der Waals surface area contributed by atoms with Gasteiger partial charge >= 0.3 is 5.97 Å². The normalized spacial score (nSPS) is 10.1. The molecule has 0 unspecified atom stereocenters. The number of ether oxygens (including phenoxy) is 2. The molecule has 1 heterocycles. The van der Waals surface area contributed by atoms with E-state index in [0.29, 0.717) is 45.4 Å². The summed E-state index contributed by atoms with van der Waals surface area (Å²) >= 11 is 0. The number of nitrogens with zero attached hydrogens (tertiary/aromatic N) is 2. The van der Waals surface area contributed by atoms with Crippen molar-refractivity contribution in [2.24, 2.45) is 0 Å². The fraction of sp³-hybridized carbons (Fsp3) is 0.111. The number of esters is 1. The molecule has 0 atom stereocenters. The standard InChI is InChI=1S/C27H21N3O5/c1-18-28-25(30-35-18)17-34-24-13-11-21(12-14-24)26(31)29-23-8-4-6-20(16-23)10-9-19-5-3-7-22(15-19)27(32)33-2/h3-8,11-16H,17H2,1-2H3,(H,29,31). The van der Waals surface area contributed by atoms with Gasteiger partial charge in [0.2, 0.25) is 11.7 Å². The van der Waals surface area contributed by atoms with Crippen LogP contribution in [0, 0.1) is 18.8 Å². The van der Waals surface area contributed by atoms with Crippen LogP contribution in [0.25, 0.3) is 0 Å². The maximum atomic E-state index is 12.7. The first-order valence-corrected chi connectivity index (χ1v) is 10.6. The number of hydrogen-bond donors (Lipinski definition) is 1. The second kappa shape index (κ2) is 10.8. The van der Waals surface area contributed by atoms with E-state index < -0.39 is 5.97 Å². The summed E-state index contributed by atoms with van der Waals surface area (Å²) in [6.45, 7) is 1.88. The first-order chi connectivity index (χ1) is 17.0. The average Bonchev–Trinajstić information content (AvgIpc) is 3.31. The van der Waals surface area contributed by atoms with E-state index in [1.165, 1.54) is 7.11 Å². The number of benzene rings is 3. The molecule has 1 aromatic heterocycles. The van der Waals surface area contributed by atoms with Crippen molar-refractivity contribution in [3.05, 3.63) is 107 Å². The molecule has 0 saturated carbocycles. The highest BCUT2D eigenvalue weighted by Gasteiger charge is 2.08. The van der Waals surface area contributed by atoms with Gasteiger partial charge in [0.25, 0.3) is 5.91 Å². The van der Waals surface area contributed by atoms with Crippen LogP contribution in [-0.4, -0.2) is 29.1 Å². The maximum absolute atomic E-state index is 12.7. The van der Waals surface area contributed by atoms with Crippen LogP contribution < -0.4 is 10.1 Å². The summed E-state index contributed by atoms with van der Waals surface area (Å²) in [4.78, 5) is 28.4. The highest BCUT2D eigenvalue weighted by molar-refractivity contribution is 6.04. The van der Waals surface area contributed by atoms with Gasteiger partial charge in [0.1, 0.15) is 5.75 Å². The summed E-state index contributed by atoms with van der Waals surface area (Å²) in [6.07, 6.45) is 0. The largest absolute Gasteiger partial charge is 0.485 e. The van der Waals surface area contributed by atoms with Gasteiger partial charge in [-0.2, -0.15) is 4.98 Å². The molecular weight excluding hydrogens is 446 g/mol. The Kier molecular flexibility index (Phi) is 7.19. The van der Waals surface area contributed by atoms with Crippen molar-refractivity contribution >= 4 is 17.6 Å². The third-order valence-corrected chi connectivity index (χ3v) is 4.81.